The highest BCUT2D eigenvalue weighted by atomic mass is 32.2. The first-order valence-electron chi connectivity index (χ1n) is 9.87. The number of piperazine rings is 1. The van der Waals surface area contributed by atoms with E-state index in [9.17, 15) is 23.3 Å². The Balaban J connectivity index is 1.92. The molecule has 0 spiro atoms. The highest BCUT2D eigenvalue weighted by Crippen LogP contribution is 2.33. The smallest absolute Gasteiger partial charge is 0.270 e. The van der Waals surface area contributed by atoms with Gasteiger partial charge < -0.3 is 15.0 Å². The number of anilines is 2. The third kappa shape index (κ3) is 5.26. The van der Waals surface area contributed by atoms with Crippen molar-refractivity contribution < 1.29 is 22.9 Å². The first-order valence-corrected chi connectivity index (χ1v) is 11.4. The lowest BCUT2D eigenvalue weighted by atomic mass is 10.2. The molecule has 0 atom stereocenters. The van der Waals surface area contributed by atoms with E-state index in [1.165, 1.54) is 19.2 Å². The van der Waals surface area contributed by atoms with Gasteiger partial charge in [-0.15, -0.1) is 0 Å². The third-order valence-corrected chi connectivity index (χ3v) is 6.55. The molecule has 0 aromatic heterocycles. The summed E-state index contributed by atoms with van der Waals surface area (Å²) in [6.45, 7) is 2.27. The molecular formula is C20H25N5O6S. The van der Waals surface area contributed by atoms with Gasteiger partial charge in [0.2, 0.25) is 5.91 Å². The highest BCUT2D eigenvalue weighted by molar-refractivity contribution is 7.93. The monoisotopic (exact) mass is 463 g/mol. The molecule has 3 rings (SSSR count). The van der Waals surface area contributed by atoms with Gasteiger partial charge in [0.05, 0.1) is 30.0 Å². The number of nitrogens with zero attached hydrogens (tertiary/aromatic N) is 3. The van der Waals surface area contributed by atoms with Crippen LogP contribution in [0.5, 0.6) is 5.75 Å². The number of methoxy groups -OCH3 is 1. The zero-order valence-corrected chi connectivity index (χ0v) is 18.6. The van der Waals surface area contributed by atoms with E-state index in [2.05, 4.69) is 10.0 Å². The number of hydrogen-bond donors (Lipinski definition) is 2. The minimum absolute atomic E-state index is 0.0990. The van der Waals surface area contributed by atoms with E-state index in [1.807, 2.05) is 9.80 Å². The largest absolute Gasteiger partial charge is 0.495 e. The number of hydrogen-bond acceptors (Lipinski definition) is 8. The number of carbonyl (C=O) groups excluding carboxylic acids is 1. The fraction of sp³-hybridized carbons (Fsp3) is 0.350. The number of sulfonamides is 1. The van der Waals surface area contributed by atoms with Crippen molar-refractivity contribution in [2.45, 2.75) is 4.90 Å². The molecule has 1 fully saturated rings. The topological polar surface area (TPSA) is 134 Å². The summed E-state index contributed by atoms with van der Waals surface area (Å²) in [6.07, 6.45) is 0. The summed E-state index contributed by atoms with van der Waals surface area (Å²) in [4.78, 5) is 25.9. The van der Waals surface area contributed by atoms with Gasteiger partial charge in [-0.05, 0) is 18.2 Å². The molecule has 0 aliphatic carbocycles. The number of para-hydroxylation sites is 2. The predicted molar refractivity (Wildman–Crippen MR) is 120 cm³/mol. The maximum absolute atomic E-state index is 13.3. The van der Waals surface area contributed by atoms with Crippen molar-refractivity contribution in [2.24, 2.45) is 0 Å². The summed E-state index contributed by atoms with van der Waals surface area (Å²) >= 11 is 0. The van der Waals surface area contributed by atoms with E-state index < -0.39 is 14.9 Å². The average Bonchev–Trinajstić information content (AvgIpc) is 2.79. The SMILES string of the molecule is CNC(=O)CN1CCN(c2ccc([N+](=O)[O-])cc2S(=O)(=O)Nc2ccccc2OC)CC1. The fourth-order valence-electron chi connectivity index (χ4n) is 3.45. The Morgan fingerprint density at radius 1 is 1.16 bits per heavy atom. The number of carbonyl (C=O) groups is 1. The summed E-state index contributed by atoms with van der Waals surface area (Å²) in [5, 5.41) is 13.9. The van der Waals surface area contributed by atoms with Gasteiger partial charge in [0, 0.05) is 45.4 Å². The quantitative estimate of drug-likeness (QED) is 0.442. The second-order valence-corrected chi connectivity index (χ2v) is 8.80. The number of non-ortho nitro benzene ring substituents is 1. The lowest BCUT2D eigenvalue weighted by Gasteiger charge is -2.36. The van der Waals surface area contributed by atoms with Crippen LogP contribution >= 0.6 is 0 Å². The first-order chi connectivity index (χ1) is 15.2. The van der Waals surface area contributed by atoms with Crippen LogP contribution < -0.4 is 19.7 Å². The molecule has 11 nitrogen and oxygen atoms in total. The van der Waals surface area contributed by atoms with Crippen molar-refractivity contribution in [3.05, 3.63) is 52.6 Å². The lowest BCUT2D eigenvalue weighted by Crippen LogP contribution is -2.49. The number of ether oxygens (including phenoxy) is 1. The van der Waals surface area contributed by atoms with Crippen LogP contribution in [0.2, 0.25) is 0 Å². The molecule has 1 saturated heterocycles. The number of likely N-dealkylation sites (N-methyl/N-ethyl adjacent to an activating group) is 1. The van der Waals surface area contributed by atoms with Gasteiger partial charge in [-0.3, -0.25) is 24.5 Å². The van der Waals surface area contributed by atoms with Gasteiger partial charge in [-0.25, -0.2) is 8.42 Å². The summed E-state index contributed by atoms with van der Waals surface area (Å²) < 4.78 is 34.2. The number of benzene rings is 2. The number of amides is 1. The maximum Gasteiger partial charge on any atom is 0.270 e. The van der Waals surface area contributed by atoms with Crippen molar-refractivity contribution in [1.29, 1.82) is 0 Å². The van der Waals surface area contributed by atoms with Crippen LogP contribution in [0.25, 0.3) is 0 Å². The van der Waals surface area contributed by atoms with Gasteiger partial charge in [-0.2, -0.15) is 0 Å². The van der Waals surface area contributed by atoms with E-state index in [1.54, 1.807) is 31.3 Å². The zero-order valence-electron chi connectivity index (χ0n) is 17.8. The Hall–Kier alpha value is -3.38. The van der Waals surface area contributed by atoms with E-state index in [0.29, 0.717) is 37.6 Å². The Morgan fingerprint density at radius 2 is 1.84 bits per heavy atom. The minimum atomic E-state index is -4.17. The molecular weight excluding hydrogens is 438 g/mol. The van der Waals surface area contributed by atoms with E-state index in [-0.39, 0.29) is 28.7 Å². The van der Waals surface area contributed by atoms with E-state index in [0.717, 1.165) is 6.07 Å². The van der Waals surface area contributed by atoms with Gasteiger partial charge >= 0.3 is 0 Å². The van der Waals surface area contributed by atoms with Crippen molar-refractivity contribution in [3.63, 3.8) is 0 Å². The van der Waals surface area contributed by atoms with Crippen LogP contribution in [0, 0.1) is 10.1 Å². The Morgan fingerprint density at radius 3 is 2.47 bits per heavy atom. The summed E-state index contributed by atoms with van der Waals surface area (Å²) in [7, 11) is -1.18. The van der Waals surface area contributed by atoms with Gasteiger partial charge in [0.1, 0.15) is 10.6 Å². The molecule has 2 N–H and O–H groups in total. The standard InChI is InChI=1S/C20H25N5O6S/c1-21-20(26)14-23-9-11-24(12-10-23)17-8-7-15(25(27)28)13-19(17)32(29,30)22-16-5-3-4-6-18(16)31-2/h3-8,13,22H,9-12,14H2,1-2H3,(H,21,26). The summed E-state index contributed by atoms with van der Waals surface area (Å²) in [5.41, 5.74) is 0.257. The molecule has 1 amide bonds. The second-order valence-electron chi connectivity index (χ2n) is 7.15. The van der Waals surface area contributed by atoms with Crippen LogP contribution in [0.4, 0.5) is 17.1 Å². The van der Waals surface area contributed by atoms with Crippen molar-refractivity contribution in [1.82, 2.24) is 10.2 Å². The first kappa shape index (κ1) is 23.3. The van der Waals surface area contributed by atoms with Gasteiger partial charge in [0.15, 0.2) is 0 Å². The van der Waals surface area contributed by atoms with Crippen LogP contribution in [-0.2, 0) is 14.8 Å². The molecule has 0 unspecified atom stereocenters. The Bertz CT molecular complexity index is 1100. The third-order valence-electron chi connectivity index (χ3n) is 5.15. The van der Waals surface area contributed by atoms with Crippen LogP contribution in [0.1, 0.15) is 0 Å². The minimum Gasteiger partial charge on any atom is -0.495 e. The normalized spacial score (nSPS) is 14.6. The average molecular weight is 464 g/mol. The molecule has 2 aromatic rings. The number of nitro benzene ring substituents is 1. The zero-order chi connectivity index (χ0) is 23.3. The van der Waals surface area contributed by atoms with Crippen molar-refractivity contribution >= 4 is 33.0 Å². The van der Waals surface area contributed by atoms with Crippen LogP contribution in [0.3, 0.4) is 0 Å². The number of rotatable bonds is 8. The van der Waals surface area contributed by atoms with Crippen molar-refractivity contribution in [3.8, 4) is 5.75 Å². The maximum atomic E-state index is 13.3. The Kier molecular flexibility index (Phi) is 7.15. The Labute approximate surface area is 186 Å². The summed E-state index contributed by atoms with van der Waals surface area (Å²) in [5.74, 6) is 0.226. The fourth-order valence-corrected chi connectivity index (χ4v) is 4.77. The van der Waals surface area contributed by atoms with Crippen molar-refractivity contribution in [2.75, 3.05) is 56.5 Å². The molecule has 0 bridgehead atoms. The molecule has 0 saturated carbocycles. The molecule has 0 radical (unpaired) electrons. The van der Waals surface area contributed by atoms with Crippen LogP contribution in [-0.4, -0.2) is 71.0 Å². The lowest BCUT2D eigenvalue weighted by molar-refractivity contribution is -0.385. The van der Waals surface area contributed by atoms with E-state index >= 15 is 0 Å². The number of nitrogens with one attached hydrogen (secondary N) is 2. The molecule has 2 aromatic carbocycles. The molecule has 1 aliphatic heterocycles. The van der Waals surface area contributed by atoms with Crippen LogP contribution in [0.15, 0.2) is 47.4 Å². The number of nitro groups is 1. The second kappa shape index (κ2) is 9.83. The van der Waals surface area contributed by atoms with E-state index in [4.69, 9.17) is 4.74 Å². The van der Waals surface area contributed by atoms with Gasteiger partial charge in [-0.1, -0.05) is 12.1 Å². The molecule has 172 valence electrons. The highest BCUT2D eigenvalue weighted by Gasteiger charge is 2.28. The molecule has 1 aliphatic rings. The predicted octanol–water partition coefficient (Wildman–Crippen LogP) is 1.27. The molecule has 1 heterocycles. The molecule has 32 heavy (non-hydrogen) atoms. The van der Waals surface area contributed by atoms with Gasteiger partial charge in [0.25, 0.3) is 15.7 Å². The molecule has 12 heteroatoms. The summed E-state index contributed by atoms with van der Waals surface area (Å²) in [6, 6.07) is 10.3.